The molecular weight excluding hydrogens is 551 g/mol. The summed E-state index contributed by atoms with van der Waals surface area (Å²) in [7, 11) is -0.357. The molecule has 0 radical (unpaired) electrons. The summed E-state index contributed by atoms with van der Waals surface area (Å²) in [4.78, 5) is 32.1. The van der Waals surface area contributed by atoms with Crippen molar-refractivity contribution in [1.82, 2.24) is 15.5 Å². The number of carbonyl (C=O) groups is 2. The number of nitrogens with zero attached hydrogens (tertiary/aromatic N) is 2. The van der Waals surface area contributed by atoms with Gasteiger partial charge in [-0.1, -0.05) is 45.9 Å². The lowest BCUT2D eigenvalue weighted by Crippen LogP contribution is -2.37. The standard InChI is InChI=1S/C26H28Cl2N4O5S/c1-31(2)16-6-15-29-25(33)18-30-26(34)19-9-12-22(13-10-19)38(35,36)32(21-7-4-3-5-8-21)37-24-14-11-20(27)17-23(24)28/h3-5,7-14,17H,6,15-16,18H2,1-2H3,(H,29,33)(H,30,34). The molecule has 0 aliphatic carbocycles. The second kappa shape index (κ2) is 13.5. The van der Waals surface area contributed by atoms with Crippen molar-refractivity contribution >= 4 is 50.7 Å². The summed E-state index contributed by atoms with van der Waals surface area (Å²) >= 11 is 12.2. The molecule has 0 heterocycles. The second-order valence-corrected chi connectivity index (χ2v) is 11.0. The van der Waals surface area contributed by atoms with E-state index in [-0.39, 0.29) is 39.4 Å². The van der Waals surface area contributed by atoms with E-state index in [0.29, 0.717) is 11.6 Å². The zero-order chi connectivity index (χ0) is 27.7. The predicted molar refractivity (Wildman–Crippen MR) is 148 cm³/mol. The Bertz CT molecular complexity index is 1350. The van der Waals surface area contributed by atoms with Crippen LogP contribution in [0.3, 0.4) is 0 Å². The number of sulfonamides is 1. The van der Waals surface area contributed by atoms with E-state index in [0.717, 1.165) is 17.4 Å². The van der Waals surface area contributed by atoms with Crippen LogP contribution in [0.5, 0.6) is 5.75 Å². The number of nitrogens with one attached hydrogen (secondary N) is 2. The Labute approximate surface area is 232 Å². The number of benzene rings is 3. The number of hydrogen-bond acceptors (Lipinski definition) is 6. The van der Waals surface area contributed by atoms with Gasteiger partial charge in [0, 0.05) is 17.1 Å². The highest BCUT2D eigenvalue weighted by molar-refractivity contribution is 7.92. The quantitative estimate of drug-likeness (QED) is 0.248. The largest absolute Gasteiger partial charge is 0.363 e. The number of rotatable bonds is 12. The Balaban J connectivity index is 1.72. The Kier molecular flexibility index (Phi) is 10.4. The molecule has 38 heavy (non-hydrogen) atoms. The molecule has 0 spiro atoms. The van der Waals surface area contributed by atoms with Crippen LogP contribution in [0.4, 0.5) is 5.69 Å². The topological polar surface area (TPSA) is 108 Å². The van der Waals surface area contributed by atoms with Crippen LogP contribution in [-0.4, -0.2) is 58.9 Å². The van der Waals surface area contributed by atoms with Crippen molar-refractivity contribution < 1.29 is 22.8 Å². The first-order valence-electron chi connectivity index (χ1n) is 11.6. The van der Waals surface area contributed by atoms with E-state index in [2.05, 4.69) is 10.6 Å². The average Bonchev–Trinajstić information content (AvgIpc) is 2.89. The lowest BCUT2D eigenvalue weighted by molar-refractivity contribution is -0.120. The highest BCUT2D eigenvalue weighted by Gasteiger charge is 2.28. The average molecular weight is 580 g/mol. The molecule has 3 aromatic carbocycles. The first kappa shape index (κ1) is 29.2. The van der Waals surface area contributed by atoms with Crippen LogP contribution in [0, 0.1) is 0 Å². The summed E-state index contributed by atoms with van der Waals surface area (Å²) in [6, 6.07) is 17.9. The Morgan fingerprint density at radius 3 is 2.24 bits per heavy atom. The third-order valence-electron chi connectivity index (χ3n) is 5.19. The van der Waals surface area contributed by atoms with Crippen LogP contribution < -0.4 is 19.9 Å². The van der Waals surface area contributed by atoms with E-state index in [1.54, 1.807) is 30.3 Å². The van der Waals surface area contributed by atoms with Crippen LogP contribution in [0.15, 0.2) is 77.7 Å². The summed E-state index contributed by atoms with van der Waals surface area (Å²) in [5, 5.41) is 5.76. The van der Waals surface area contributed by atoms with Crippen LogP contribution in [0.25, 0.3) is 0 Å². The minimum Gasteiger partial charge on any atom is -0.363 e. The van der Waals surface area contributed by atoms with Crippen molar-refractivity contribution in [2.75, 3.05) is 38.2 Å². The lowest BCUT2D eigenvalue weighted by Gasteiger charge is -2.24. The first-order chi connectivity index (χ1) is 18.1. The summed E-state index contributed by atoms with van der Waals surface area (Å²) in [5.41, 5.74) is 0.425. The summed E-state index contributed by atoms with van der Waals surface area (Å²) in [6.45, 7) is 1.14. The molecule has 0 fully saturated rings. The van der Waals surface area contributed by atoms with Gasteiger partial charge in [-0.15, -0.1) is 0 Å². The van der Waals surface area contributed by atoms with Crippen molar-refractivity contribution in [1.29, 1.82) is 0 Å². The van der Waals surface area contributed by atoms with Gasteiger partial charge in [0.25, 0.3) is 15.9 Å². The molecule has 0 bridgehead atoms. The Hall–Kier alpha value is -3.31. The van der Waals surface area contributed by atoms with Gasteiger partial charge in [0.2, 0.25) is 5.91 Å². The number of hydrogen-bond donors (Lipinski definition) is 2. The van der Waals surface area contributed by atoms with Gasteiger partial charge in [0.05, 0.1) is 22.2 Å². The van der Waals surface area contributed by atoms with Gasteiger partial charge in [-0.2, -0.15) is 8.42 Å². The Morgan fingerprint density at radius 1 is 0.921 bits per heavy atom. The molecule has 9 nitrogen and oxygen atoms in total. The number of para-hydroxylation sites is 1. The fraction of sp³-hybridized carbons (Fsp3) is 0.231. The minimum absolute atomic E-state index is 0.0829. The second-order valence-electron chi connectivity index (χ2n) is 8.45. The van der Waals surface area contributed by atoms with Crippen molar-refractivity contribution in [3.8, 4) is 5.75 Å². The highest BCUT2D eigenvalue weighted by Crippen LogP contribution is 2.32. The van der Waals surface area contributed by atoms with E-state index in [9.17, 15) is 18.0 Å². The van der Waals surface area contributed by atoms with Crippen molar-refractivity contribution in [2.45, 2.75) is 11.3 Å². The molecule has 2 amide bonds. The molecule has 0 aliphatic rings. The third-order valence-corrected chi connectivity index (χ3v) is 7.31. The van der Waals surface area contributed by atoms with E-state index in [1.165, 1.54) is 42.5 Å². The molecule has 0 atom stereocenters. The zero-order valence-electron chi connectivity index (χ0n) is 20.9. The van der Waals surface area contributed by atoms with Crippen molar-refractivity contribution in [2.24, 2.45) is 0 Å². The molecule has 0 saturated heterocycles. The molecule has 0 saturated carbocycles. The van der Waals surface area contributed by atoms with E-state index >= 15 is 0 Å². The highest BCUT2D eigenvalue weighted by atomic mass is 35.5. The smallest absolute Gasteiger partial charge is 0.295 e. The van der Waals surface area contributed by atoms with Gasteiger partial charge >= 0.3 is 0 Å². The lowest BCUT2D eigenvalue weighted by atomic mass is 10.2. The maximum Gasteiger partial charge on any atom is 0.295 e. The van der Waals surface area contributed by atoms with Crippen molar-refractivity contribution in [3.05, 3.63) is 88.4 Å². The molecule has 3 rings (SSSR count). The molecule has 3 aromatic rings. The maximum absolute atomic E-state index is 13.6. The van der Waals surface area contributed by atoms with Gasteiger partial charge in [-0.3, -0.25) is 9.59 Å². The van der Waals surface area contributed by atoms with Crippen LogP contribution in [0.1, 0.15) is 16.8 Å². The van der Waals surface area contributed by atoms with Crippen LogP contribution >= 0.6 is 23.2 Å². The molecule has 0 aliphatic heterocycles. The fourth-order valence-electron chi connectivity index (χ4n) is 3.25. The van der Waals surface area contributed by atoms with E-state index in [1.807, 2.05) is 19.0 Å². The summed E-state index contributed by atoms with van der Waals surface area (Å²) in [5.74, 6) is -0.742. The number of halogens is 2. The molecule has 2 N–H and O–H groups in total. The Morgan fingerprint density at radius 2 is 1.61 bits per heavy atom. The van der Waals surface area contributed by atoms with Gasteiger partial charge in [-0.05, 0) is 81.7 Å². The molecule has 0 aromatic heterocycles. The fourth-order valence-corrected chi connectivity index (χ4v) is 4.94. The number of carbonyl (C=O) groups excluding carboxylic acids is 2. The molecule has 0 unspecified atom stereocenters. The molecular formula is C26H28Cl2N4O5S. The number of anilines is 1. The molecule has 202 valence electrons. The number of amides is 2. The SMILES string of the molecule is CN(C)CCCNC(=O)CNC(=O)c1ccc(S(=O)(=O)N(Oc2ccc(Cl)cc2Cl)c2ccccc2)cc1. The molecule has 12 heteroatoms. The zero-order valence-corrected chi connectivity index (χ0v) is 23.2. The predicted octanol–water partition coefficient (Wildman–Crippen LogP) is 3.98. The van der Waals surface area contributed by atoms with Crippen LogP contribution in [0.2, 0.25) is 10.0 Å². The van der Waals surface area contributed by atoms with Crippen molar-refractivity contribution in [3.63, 3.8) is 0 Å². The van der Waals surface area contributed by atoms with Gasteiger partial charge in [0.15, 0.2) is 5.75 Å². The van der Waals surface area contributed by atoms with E-state index in [4.69, 9.17) is 28.0 Å². The summed E-state index contributed by atoms with van der Waals surface area (Å²) in [6.07, 6.45) is 0.788. The monoisotopic (exact) mass is 578 g/mol. The normalized spacial score (nSPS) is 11.2. The summed E-state index contributed by atoms with van der Waals surface area (Å²) < 4.78 is 27.9. The maximum atomic E-state index is 13.6. The minimum atomic E-state index is -4.25. The van der Waals surface area contributed by atoms with E-state index < -0.39 is 15.9 Å². The van der Waals surface area contributed by atoms with Gasteiger partial charge in [0.1, 0.15) is 0 Å². The van der Waals surface area contributed by atoms with Crippen LogP contribution in [-0.2, 0) is 14.8 Å². The third kappa shape index (κ3) is 8.09. The van der Waals surface area contributed by atoms with Gasteiger partial charge < -0.3 is 20.4 Å². The first-order valence-corrected chi connectivity index (χ1v) is 13.8. The van der Waals surface area contributed by atoms with Gasteiger partial charge in [-0.25, -0.2) is 0 Å².